The lowest BCUT2D eigenvalue weighted by atomic mass is 9.90. The zero-order valence-corrected chi connectivity index (χ0v) is 32.3. The molecule has 4 aromatic rings. The van der Waals surface area contributed by atoms with E-state index in [1.54, 1.807) is 0 Å². The molecule has 53 heavy (non-hydrogen) atoms. The molecular formula is C45H62N4O4. The Bertz CT molecular complexity index is 1630. The molecule has 1 aromatic heterocycles. The zero-order valence-electron chi connectivity index (χ0n) is 32.3. The first-order valence-electron chi connectivity index (χ1n) is 20.3. The van der Waals surface area contributed by atoms with Crippen LogP contribution in [0.3, 0.4) is 0 Å². The van der Waals surface area contributed by atoms with Crippen molar-refractivity contribution in [2.75, 3.05) is 19.6 Å². The van der Waals surface area contributed by atoms with Crippen molar-refractivity contribution in [2.45, 2.75) is 129 Å². The van der Waals surface area contributed by atoms with Crippen LogP contribution in [-0.4, -0.2) is 51.6 Å². The molecule has 4 atom stereocenters. The van der Waals surface area contributed by atoms with Crippen LogP contribution >= 0.6 is 0 Å². The fourth-order valence-electron chi connectivity index (χ4n) is 7.24. The molecule has 0 spiro atoms. The minimum atomic E-state index is -0.528. The van der Waals surface area contributed by atoms with Gasteiger partial charge in [0.05, 0.1) is 36.0 Å². The van der Waals surface area contributed by atoms with Crippen molar-refractivity contribution in [3.05, 3.63) is 107 Å². The van der Waals surface area contributed by atoms with Crippen LogP contribution in [0.2, 0.25) is 0 Å². The van der Waals surface area contributed by atoms with Gasteiger partial charge in [-0.1, -0.05) is 146 Å². The van der Waals surface area contributed by atoms with Crippen LogP contribution in [0.25, 0.3) is 11.0 Å². The Morgan fingerprint density at radius 3 is 1.96 bits per heavy atom. The molecule has 1 aliphatic rings. The second-order valence-electron chi connectivity index (χ2n) is 14.8. The van der Waals surface area contributed by atoms with E-state index in [0.29, 0.717) is 17.8 Å². The lowest BCUT2D eigenvalue weighted by Gasteiger charge is -2.43. The van der Waals surface area contributed by atoms with Crippen LogP contribution < -0.4 is 5.32 Å². The number of ether oxygens (including phenoxy) is 2. The molecule has 8 nitrogen and oxygen atoms in total. The molecule has 4 unspecified atom stereocenters. The third-order valence-electron chi connectivity index (χ3n) is 10.6. The van der Waals surface area contributed by atoms with Gasteiger partial charge < -0.3 is 24.8 Å². The number of benzene rings is 3. The number of aliphatic hydroxyl groups is 1. The van der Waals surface area contributed by atoms with Crippen molar-refractivity contribution < 1.29 is 19.4 Å². The molecule has 5 rings (SSSR count). The Morgan fingerprint density at radius 1 is 0.736 bits per heavy atom. The summed E-state index contributed by atoms with van der Waals surface area (Å²) in [5, 5.41) is 12.7. The number of rotatable bonds is 22. The predicted molar refractivity (Wildman–Crippen MR) is 213 cm³/mol. The lowest BCUT2D eigenvalue weighted by Crippen LogP contribution is -2.45. The van der Waals surface area contributed by atoms with E-state index in [4.69, 9.17) is 9.47 Å². The minimum absolute atomic E-state index is 0.0153. The Kier molecular flexibility index (Phi) is 16.7. The summed E-state index contributed by atoms with van der Waals surface area (Å²) in [6.45, 7) is 10.3. The summed E-state index contributed by atoms with van der Waals surface area (Å²) in [6, 6.07) is 23.8. The Morgan fingerprint density at radius 2 is 1.32 bits per heavy atom. The van der Waals surface area contributed by atoms with Crippen molar-refractivity contribution in [3.8, 4) is 0 Å². The highest BCUT2D eigenvalue weighted by molar-refractivity contribution is 5.93. The van der Waals surface area contributed by atoms with E-state index in [9.17, 15) is 9.90 Å². The number of carbonyl (C=O) groups excluding carboxylic acids is 1. The van der Waals surface area contributed by atoms with Gasteiger partial charge in [0.15, 0.2) is 6.29 Å². The molecule has 286 valence electrons. The van der Waals surface area contributed by atoms with Crippen LogP contribution in [0.15, 0.2) is 79.0 Å². The van der Waals surface area contributed by atoms with Gasteiger partial charge in [-0.3, -0.25) is 9.78 Å². The summed E-state index contributed by atoms with van der Waals surface area (Å²) < 4.78 is 13.6. The number of hydrogen-bond donors (Lipinski definition) is 2. The highest BCUT2D eigenvalue weighted by atomic mass is 16.7. The predicted octanol–water partition coefficient (Wildman–Crippen LogP) is 9.87. The Balaban J connectivity index is 1.26. The van der Waals surface area contributed by atoms with E-state index in [1.165, 1.54) is 83.2 Å². The first-order chi connectivity index (χ1) is 26.0. The van der Waals surface area contributed by atoms with Crippen LogP contribution in [0, 0.1) is 5.92 Å². The molecule has 2 N–H and O–H groups in total. The Hall–Kier alpha value is -3.69. The van der Waals surface area contributed by atoms with Crippen molar-refractivity contribution >= 4 is 16.9 Å². The topological polar surface area (TPSA) is 96.8 Å². The van der Waals surface area contributed by atoms with Crippen molar-refractivity contribution in [3.63, 3.8) is 0 Å². The van der Waals surface area contributed by atoms with Gasteiger partial charge in [-0.2, -0.15) is 0 Å². The van der Waals surface area contributed by atoms with Crippen LogP contribution in [0.5, 0.6) is 0 Å². The maximum absolute atomic E-state index is 12.9. The number of hydrogen-bond acceptors (Lipinski definition) is 7. The normalized spacial score (nSPS) is 18.8. The molecule has 1 aliphatic heterocycles. The quantitative estimate of drug-likeness (QED) is 0.0780. The van der Waals surface area contributed by atoms with Crippen molar-refractivity contribution in [2.24, 2.45) is 5.92 Å². The fraction of sp³-hybridized carbons (Fsp3) is 0.533. The van der Waals surface area contributed by atoms with E-state index >= 15 is 0 Å². The van der Waals surface area contributed by atoms with Gasteiger partial charge in [0.1, 0.15) is 5.69 Å². The largest absolute Gasteiger partial charge is 0.392 e. The summed E-state index contributed by atoms with van der Waals surface area (Å²) in [7, 11) is 0. The van der Waals surface area contributed by atoms with Crippen molar-refractivity contribution in [1.82, 2.24) is 20.2 Å². The number of carbonyl (C=O) groups is 1. The van der Waals surface area contributed by atoms with Gasteiger partial charge in [0, 0.05) is 24.6 Å². The van der Waals surface area contributed by atoms with Gasteiger partial charge in [-0.05, 0) is 54.8 Å². The summed E-state index contributed by atoms with van der Waals surface area (Å²) in [4.78, 5) is 24.4. The molecule has 0 aliphatic carbocycles. The molecule has 0 bridgehead atoms. The molecule has 3 aromatic carbocycles. The summed E-state index contributed by atoms with van der Waals surface area (Å²) in [6.07, 6.45) is 16.3. The molecule has 0 saturated carbocycles. The molecule has 1 fully saturated rings. The lowest BCUT2D eigenvalue weighted by molar-refractivity contribution is -0.276. The number of fused-ring (bicyclic) bond motifs is 1. The maximum atomic E-state index is 12.9. The number of unbranched alkanes of at least 4 members (excludes halogenated alkanes) is 10. The highest BCUT2D eigenvalue weighted by Gasteiger charge is 2.39. The SMILES string of the molecule is CCCCCCCCN(CCCCCCCC)CC1OC(c2ccc(CNC(=O)c3cnc4ccccc4n3)cc2)OC(c2ccc(CO)cc2)C1C. The first-order valence-corrected chi connectivity index (χ1v) is 20.3. The third-order valence-corrected chi connectivity index (χ3v) is 10.6. The Labute approximate surface area is 317 Å². The molecule has 2 heterocycles. The van der Waals surface area contributed by atoms with Crippen LogP contribution in [0.4, 0.5) is 0 Å². The number of aromatic nitrogens is 2. The molecular weight excluding hydrogens is 661 g/mol. The van der Waals surface area contributed by atoms with Crippen LogP contribution in [-0.2, 0) is 22.6 Å². The second kappa shape index (κ2) is 21.9. The van der Waals surface area contributed by atoms with Gasteiger partial charge in [-0.25, -0.2) is 4.98 Å². The molecule has 8 heteroatoms. The summed E-state index contributed by atoms with van der Waals surface area (Å²) >= 11 is 0. The third kappa shape index (κ3) is 12.4. The average molecular weight is 723 g/mol. The number of nitrogens with one attached hydrogen (secondary N) is 1. The summed E-state index contributed by atoms with van der Waals surface area (Å²) in [5.74, 6) is -0.125. The highest BCUT2D eigenvalue weighted by Crippen LogP contribution is 2.42. The molecule has 1 saturated heterocycles. The second-order valence-corrected chi connectivity index (χ2v) is 14.8. The number of amides is 1. The maximum Gasteiger partial charge on any atom is 0.271 e. The number of nitrogens with zero attached hydrogens (tertiary/aromatic N) is 3. The average Bonchev–Trinajstić information content (AvgIpc) is 3.20. The minimum Gasteiger partial charge on any atom is -0.392 e. The molecule has 1 amide bonds. The molecule has 0 radical (unpaired) electrons. The number of aliphatic hydroxyl groups excluding tert-OH is 1. The fourth-order valence-corrected chi connectivity index (χ4v) is 7.24. The van der Waals surface area contributed by atoms with E-state index in [2.05, 4.69) is 53.1 Å². The van der Waals surface area contributed by atoms with Crippen LogP contribution in [0.1, 0.15) is 143 Å². The smallest absolute Gasteiger partial charge is 0.271 e. The van der Waals surface area contributed by atoms with Gasteiger partial charge >= 0.3 is 0 Å². The van der Waals surface area contributed by atoms with Gasteiger partial charge in [0.2, 0.25) is 0 Å². The monoisotopic (exact) mass is 722 g/mol. The zero-order chi connectivity index (χ0) is 37.3. The van der Waals surface area contributed by atoms with E-state index in [-0.39, 0.29) is 30.6 Å². The van der Waals surface area contributed by atoms with Gasteiger partial charge in [0.25, 0.3) is 5.91 Å². The summed E-state index contributed by atoms with van der Waals surface area (Å²) in [5.41, 5.74) is 5.66. The van der Waals surface area contributed by atoms with E-state index in [0.717, 1.165) is 47.4 Å². The number of para-hydroxylation sites is 2. The van der Waals surface area contributed by atoms with E-state index < -0.39 is 6.29 Å². The van der Waals surface area contributed by atoms with Gasteiger partial charge in [-0.15, -0.1) is 0 Å². The van der Waals surface area contributed by atoms with E-state index in [1.807, 2.05) is 60.7 Å². The standard InChI is InChI=1S/C45H62N4O4/c1-4-6-8-10-12-16-28-49(29-17-13-11-9-7-5-2)32-42-34(3)43(37-24-22-36(33-50)23-25-37)53-45(52-42)38-26-20-35(21-27-38)30-47-44(51)41-31-46-39-18-14-15-19-40(39)48-41/h14-15,18-27,31,34,42-43,45,50H,4-13,16-17,28-30,32-33H2,1-3H3,(H,47,51). The first kappa shape index (κ1) is 40.5. The van der Waals surface area contributed by atoms with Crippen molar-refractivity contribution in [1.29, 1.82) is 0 Å².